The predicted octanol–water partition coefficient (Wildman–Crippen LogP) is 2.28. The van der Waals surface area contributed by atoms with E-state index in [1.165, 1.54) is 12.8 Å². The molecule has 0 spiro atoms. The van der Waals surface area contributed by atoms with Gasteiger partial charge in [0.15, 0.2) is 0 Å². The maximum atomic E-state index is 5.85. The first-order valence-corrected chi connectivity index (χ1v) is 6.40. The van der Waals surface area contributed by atoms with Gasteiger partial charge in [0.1, 0.15) is 5.82 Å². The van der Waals surface area contributed by atoms with E-state index in [0.29, 0.717) is 4.75 Å². The Bertz CT molecular complexity index is 361. The molecule has 0 saturated heterocycles. The van der Waals surface area contributed by atoms with Crippen LogP contribution >= 0.6 is 11.8 Å². The van der Waals surface area contributed by atoms with Gasteiger partial charge in [-0.2, -0.15) is 11.8 Å². The monoisotopic (exact) mass is 223 g/mol. The average Bonchev–Trinajstić information content (AvgIpc) is 3.00. The fourth-order valence-corrected chi connectivity index (χ4v) is 2.27. The highest BCUT2D eigenvalue weighted by Crippen LogP contribution is 2.47. The fourth-order valence-electron chi connectivity index (χ4n) is 1.55. The summed E-state index contributed by atoms with van der Waals surface area (Å²) in [6.45, 7) is 2.95. The number of nitrogens with one attached hydrogen (secondary N) is 1. The summed E-state index contributed by atoms with van der Waals surface area (Å²) in [7, 11) is 0. The van der Waals surface area contributed by atoms with Gasteiger partial charge in [0.2, 0.25) is 0 Å². The van der Waals surface area contributed by atoms with Crippen LogP contribution in [0.5, 0.6) is 0 Å². The molecule has 1 saturated carbocycles. The second-order valence-corrected chi connectivity index (χ2v) is 5.41. The molecule has 0 aliphatic heterocycles. The van der Waals surface area contributed by atoms with Crippen molar-refractivity contribution in [2.45, 2.75) is 24.5 Å². The molecule has 0 atom stereocenters. The zero-order valence-electron chi connectivity index (χ0n) is 9.21. The van der Waals surface area contributed by atoms with E-state index in [0.717, 1.165) is 23.7 Å². The maximum Gasteiger partial charge on any atom is 0.149 e. The number of pyridine rings is 1. The first kappa shape index (κ1) is 10.6. The van der Waals surface area contributed by atoms with E-state index in [1.54, 1.807) is 0 Å². The van der Waals surface area contributed by atoms with Gasteiger partial charge in [0.05, 0.1) is 5.69 Å². The molecule has 0 unspecified atom stereocenters. The van der Waals surface area contributed by atoms with E-state index in [9.17, 15) is 0 Å². The molecule has 1 aliphatic rings. The first-order valence-electron chi connectivity index (χ1n) is 5.17. The highest BCUT2D eigenvalue weighted by Gasteiger charge is 2.41. The molecule has 0 amide bonds. The normalized spacial score (nSPS) is 17.5. The van der Waals surface area contributed by atoms with Crippen LogP contribution in [-0.2, 0) is 0 Å². The molecule has 2 rings (SSSR count). The lowest BCUT2D eigenvalue weighted by molar-refractivity contribution is 0.939. The summed E-state index contributed by atoms with van der Waals surface area (Å²) in [5.41, 5.74) is 7.58. The summed E-state index contributed by atoms with van der Waals surface area (Å²) < 4.78 is 0.442. The predicted molar refractivity (Wildman–Crippen MR) is 67.4 cm³/mol. The summed E-state index contributed by atoms with van der Waals surface area (Å²) in [6.07, 6.45) is 4.77. The smallest absolute Gasteiger partial charge is 0.149 e. The lowest BCUT2D eigenvalue weighted by atomic mass is 10.3. The van der Waals surface area contributed by atoms with Crippen LogP contribution in [0, 0.1) is 6.92 Å². The lowest BCUT2D eigenvalue weighted by Gasteiger charge is -2.14. The minimum absolute atomic E-state index is 0.442. The Morgan fingerprint density at radius 3 is 2.87 bits per heavy atom. The highest BCUT2D eigenvalue weighted by atomic mass is 32.2. The molecule has 0 bridgehead atoms. The van der Waals surface area contributed by atoms with Crippen LogP contribution in [0.25, 0.3) is 0 Å². The van der Waals surface area contributed by atoms with Crippen molar-refractivity contribution < 1.29 is 0 Å². The van der Waals surface area contributed by atoms with Crippen LogP contribution in [0.3, 0.4) is 0 Å². The van der Waals surface area contributed by atoms with E-state index in [-0.39, 0.29) is 0 Å². The summed E-state index contributed by atoms with van der Waals surface area (Å²) in [4.78, 5) is 4.39. The molecular weight excluding hydrogens is 206 g/mol. The van der Waals surface area contributed by atoms with Crippen molar-refractivity contribution in [3.63, 3.8) is 0 Å². The minimum atomic E-state index is 0.442. The standard InChI is InChI=1S/C11H17N3S/c1-8-3-4-9(12)10(14-8)13-7-11(15-2)5-6-11/h3-4H,5-7,12H2,1-2H3,(H,13,14). The third kappa shape index (κ3) is 2.37. The molecule has 0 radical (unpaired) electrons. The van der Waals surface area contributed by atoms with E-state index >= 15 is 0 Å². The minimum Gasteiger partial charge on any atom is -0.396 e. The summed E-state index contributed by atoms with van der Waals surface area (Å²) >= 11 is 1.94. The van der Waals surface area contributed by atoms with Crippen molar-refractivity contribution >= 4 is 23.3 Å². The van der Waals surface area contributed by atoms with E-state index < -0.39 is 0 Å². The van der Waals surface area contributed by atoms with Crippen molar-refractivity contribution in [2.75, 3.05) is 23.9 Å². The van der Waals surface area contributed by atoms with Gasteiger partial charge >= 0.3 is 0 Å². The summed E-state index contributed by atoms with van der Waals surface area (Å²) in [5, 5.41) is 3.35. The number of hydrogen-bond donors (Lipinski definition) is 2. The van der Waals surface area contributed by atoms with Crippen LogP contribution in [0.15, 0.2) is 12.1 Å². The van der Waals surface area contributed by atoms with E-state index in [4.69, 9.17) is 5.73 Å². The van der Waals surface area contributed by atoms with Crippen molar-refractivity contribution in [1.82, 2.24) is 4.98 Å². The fraction of sp³-hybridized carbons (Fsp3) is 0.545. The van der Waals surface area contributed by atoms with Gasteiger partial charge in [-0.05, 0) is 38.2 Å². The average molecular weight is 223 g/mol. The molecule has 1 aromatic heterocycles. The molecular formula is C11H17N3S. The van der Waals surface area contributed by atoms with Crippen LogP contribution in [0.1, 0.15) is 18.5 Å². The van der Waals surface area contributed by atoms with Gasteiger partial charge in [-0.25, -0.2) is 4.98 Å². The van der Waals surface area contributed by atoms with Crippen LogP contribution in [0.4, 0.5) is 11.5 Å². The third-order valence-corrected chi connectivity index (χ3v) is 4.30. The Balaban J connectivity index is 2.01. The van der Waals surface area contributed by atoms with Crippen molar-refractivity contribution in [2.24, 2.45) is 0 Å². The first-order chi connectivity index (χ1) is 7.15. The van der Waals surface area contributed by atoms with Crippen LogP contribution < -0.4 is 11.1 Å². The number of anilines is 2. The molecule has 15 heavy (non-hydrogen) atoms. The SMILES string of the molecule is CSC1(CNc2nc(C)ccc2N)CC1. The summed E-state index contributed by atoms with van der Waals surface area (Å²) in [5.74, 6) is 0.829. The Labute approximate surface area is 94.8 Å². The number of nitrogen functional groups attached to an aromatic ring is 1. The zero-order valence-corrected chi connectivity index (χ0v) is 10.0. The van der Waals surface area contributed by atoms with Gasteiger partial charge in [-0.3, -0.25) is 0 Å². The third-order valence-electron chi connectivity index (χ3n) is 2.88. The quantitative estimate of drug-likeness (QED) is 0.822. The molecule has 1 aromatic rings. The molecule has 3 nitrogen and oxygen atoms in total. The van der Waals surface area contributed by atoms with Crippen molar-refractivity contribution in [3.05, 3.63) is 17.8 Å². The number of rotatable bonds is 4. The largest absolute Gasteiger partial charge is 0.396 e. The molecule has 1 aliphatic carbocycles. The number of aromatic nitrogens is 1. The van der Waals surface area contributed by atoms with E-state index in [2.05, 4.69) is 16.6 Å². The molecule has 4 heteroatoms. The van der Waals surface area contributed by atoms with Gasteiger partial charge in [-0.1, -0.05) is 0 Å². The van der Waals surface area contributed by atoms with Crippen molar-refractivity contribution in [1.29, 1.82) is 0 Å². The van der Waals surface area contributed by atoms with Gasteiger partial charge in [0.25, 0.3) is 0 Å². The second kappa shape index (κ2) is 3.93. The van der Waals surface area contributed by atoms with Crippen LogP contribution in [-0.4, -0.2) is 22.5 Å². The number of nitrogens with zero attached hydrogens (tertiary/aromatic N) is 1. The van der Waals surface area contributed by atoms with Gasteiger partial charge < -0.3 is 11.1 Å². The molecule has 3 N–H and O–H groups in total. The van der Waals surface area contributed by atoms with Gasteiger partial charge in [0, 0.05) is 17.0 Å². The van der Waals surface area contributed by atoms with Gasteiger partial charge in [-0.15, -0.1) is 0 Å². The Morgan fingerprint density at radius 2 is 2.27 bits per heavy atom. The topological polar surface area (TPSA) is 50.9 Å². The zero-order chi connectivity index (χ0) is 10.9. The molecule has 1 fully saturated rings. The Hall–Kier alpha value is -0.900. The molecule has 1 heterocycles. The number of hydrogen-bond acceptors (Lipinski definition) is 4. The van der Waals surface area contributed by atoms with Crippen molar-refractivity contribution in [3.8, 4) is 0 Å². The highest BCUT2D eigenvalue weighted by molar-refractivity contribution is 8.00. The van der Waals surface area contributed by atoms with Crippen LogP contribution in [0.2, 0.25) is 0 Å². The number of nitrogens with two attached hydrogens (primary N) is 1. The lowest BCUT2D eigenvalue weighted by Crippen LogP contribution is -2.18. The Morgan fingerprint density at radius 1 is 1.53 bits per heavy atom. The summed E-state index contributed by atoms with van der Waals surface area (Å²) in [6, 6.07) is 3.84. The van der Waals surface area contributed by atoms with E-state index in [1.807, 2.05) is 30.8 Å². The second-order valence-electron chi connectivity index (χ2n) is 4.13. The number of aryl methyl sites for hydroxylation is 1. The Kier molecular flexibility index (Phi) is 2.78. The molecule has 82 valence electrons. The maximum absolute atomic E-state index is 5.85. The number of thioether (sulfide) groups is 1. The molecule has 0 aromatic carbocycles.